The quantitative estimate of drug-likeness (QED) is 0.144. The average molecular weight is 963 g/mol. The molecule has 5 heteroatoms. The van der Waals surface area contributed by atoms with Gasteiger partial charge in [-0.2, -0.15) is 0 Å². The van der Waals surface area contributed by atoms with Crippen LogP contribution in [0.3, 0.4) is 0 Å². The first-order valence-electron chi connectivity index (χ1n) is 25.6. The molecular weight excluding hydrogens is 917 g/mol. The number of benzene rings is 11. The maximum absolute atomic E-state index is 7.34. The van der Waals surface area contributed by atoms with Gasteiger partial charge in [0, 0.05) is 67.2 Å². The number of hydrogen-bond acceptors (Lipinski definition) is 5. The van der Waals surface area contributed by atoms with E-state index in [1.807, 2.05) is 24.3 Å². The summed E-state index contributed by atoms with van der Waals surface area (Å²) in [5.41, 5.74) is 17.6. The monoisotopic (exact) mass is 962 g/mol. The van der Waals surface area contributed by atoms with Crippen molar-refractivity contribution < 1.29 is 13.6 Å². The molecule has 0 spiro atoms. The summed E-state index contributed by atoms with van der Waals surface area (Å²) in [4.78, 5) is 4.66. The fraction of sp³-hybridized carbons (Fsp3) is 0.0286. The third-order valence-corrected chi connectivity index (χ3v) is 15.2. The summed E-state index contributed by atoms with van der Waals surface area (Å²) in [6.45, 7) is 0. The summed E-state index contributed by atoms with van der Waals surface area (Å²) in [6.07, 6.45) is 6.59. The zero-order valence-corrected chi connectivity index (χ0v) is 40.7. The van der Waals surface area contributed by atoms with Crippen molar-refractivity contribution in [1.29, 1.82) is 0 Å². The minimum Gasteiger partial charge on any atom is -0.485 e. The number of anilines is 5. The van der Waals surface area contributed by atoms with Crippen molar-refractivity contribution in [1.82, 2.24) is 0 Å². The van der Waals surface area contributed by atoms with Crippen LogP contribution in [0.1, 0.15) is 11.5 Å². The van der Waals surface area contributed by atoms with Gasteiger partial charge in [-0.1, -0.05) is 188 Å². The van der Waals surface area contributed by atoms with Gasteiger partial charge < -0.3 is 23.4 Å². The molecule has 2 atom stereocenters. The van der Waals surface area contributed by atoms with E-state index in [4.69, 9.17) is 13.6 Å². The molecule has 3 heterocycles. The Morgan fingerprint density at radius 2 is 0.893 bits per heavy atom. The molecule has 0 saturated carbocycles. The normalized spacial score (nSPS) is 14.8. The van der Waals surface area contributed by atoms with Crippen LogP contribution < -0.4 is 14.5 Å². The molecule has 2 aliphatic rings. The highest BCUT2D eigenvalue weighted by Crippen LogP contribution is 2.49. The number of allylic oxidation sites excluding steroid dienone is 1. The molecule has 0 bridgehead atoms. The van der Waals surface area contributed by atoms with Gasteiger partial charge in [0.2, 0.25) is 0 Å². The second-order valence-electron chi connectivity index (χ2n) is 19.5. The van der Waals surface area contributed by atoms with Crippen molar-refractivity contribution >= 4 is 83.1 Å². The molecule has 2 unspecified atom stereocenters. The molecule has 0 amide bonds. The predicted octanol–water partition coefficient (Wildman–Crippen LogP) is 19.2. The Morgan fingerprint density at radius 3 is 1.55 bits per heavy atom. The predicted molar refractivity (Wildman–Crippen MR) is 309 cm³/mol. The number of rotatable bonds is 9. The molecule has 2 aromatic heterocycles. The van der Waals surface area contributed by atoms with Crippen LogP contribution in [0.5, 0.6) is 5.75 Å². The van der Waals surface area contributed by atoms with Crippen molar-refractivity contribution in [3.05, 3.63) is 278 Å². The lowest BCUT2D eigenvalue weighted by atomic mass is 9.83. The molecular formula is C70H46N2O3. The lowest BCUT2D eigenvalue weighted by Gasteiger charge is -2.36. The molecule has 13 aromatic rings. The molecule has 5 nitrogen and oxygen atoms in total. The number of hydrogen-bond donors (Lipinski definition) is 0. The maximum Gasteiger partial charge on any atom is 0.159 e. The van der Waals surface area contributed by atoms with E-state index in [0.29, 0.717) is 0 Å². The van der Waals surface area contributed by atoms with Gasteiger partial charge in [-0.05, 0) is 112 Å². The maximum atomic E-state index is 7.34. The van der Waals surface area contributed by atoms with Gasteiger partial charge in [-0.25, -0.2) is 0 Å². The first-order chi connectivity index (χ1) is 37.2. The minimum absolute atomic E-state index is 0.00508. The van der Waals surface area contributed by atoms with E-state index in [-0.39, 0.29) is 12.0 Å². The lowest BCUT2D eigenvalue weighted by Crippen LogP contribution is -2.30. The smallest absolute Gasteiger partial charge is 0.159 e. The van der Waals surface area contributed by atoms with Gasteiger partial charge in [0.15, 0.2) is 5.58 Å². The highest BCUT2D eigenvalue weighted by atomic mass is 16.5. The van der Waals surface area contributed by atoms with Gasteiger partial charge in [0.1, 0.15) is 28.6 Å². The number of ether oxygens (including phenoxy) is 1. The van der Waals surface area contributed by atoms with E-state index >= 15 is 0 Å². The van der Waals surface area contributed by atoms with Crippen LogP contribution in [0.2, 0.25) is 0 Å². The van der Waals surface area contributed by atoms with E-state index < -0.39 is 0 Å². The van der Waals surface area contributed by atoms with Crippen LogP contribution in [0.4, 0.5) is 28.4 Å². The summed E-state index contributed by atoms with van der Waals surface area (Å²) < 4.78 is 20.6. The van der Waals surface area contributed by atoms with Crippen LogP contribution in [-0.2, 0) is 0 Å². The number of nitrogens with zero attached hydrogens (tertiary/aromatic N) is 2. The number of para-hydroxylation sites is 4. The summed E-state index contributed by atoms with van der Waals surface area (Å²) >= 11 is 0. The largest absolute Gasteiger partial charge is 0.485 e. The third-order valence-electron chi connectivity index (χ3n) is 15.2. The van der Waals surface area contributed by atoms with Gasteiger partial charge in [-0.15, -0.1) is 0 Å². The Labute approximate surface area is 433 Å². The first kappa shape index (κ1) is 42.8. The van der Waals surface area contributed by atoms with Gasteiger partial charge >= 0.3 is 0 Å². The van der Waals surface area contributed by atoms with Gasteiger partial charge in [0.05, 0.1) is 11.4 Å². The van der Waals surface area contributed by atoms with Crippen LogP contribution in [0, 0.1) is 0 Å². The SMILES string of the molecule is C1=CC2c3cccc4cc(N(c5ccc(-c6ccccc6)cc5)c5ccc(-c6cccc7c6oc6ccccc67)cc5)cc(c34)OC2C=C1N(c1ccc(-c2ccccc2)cc1)c1cccc2c1oc1ccccc12. The molecule has 354 valence electrons. The molecule has 11 aromatic carbocycles. The molecule has 1 aliphatic heterocycles. The Bertz CT molecular complexity index is 4380. The highest BCUT2D eigenvalue weighted by Gasteiger charge is 2.34. The fourth-order valence-electron chi connectivity index (χ4n) is 11.6. The first-order valence-corrected chi connectivity index (χ1v) is 25.6. The second-order valence-corrected chi connectivity index (χ2v) is 19.5. The summed E-state index contributed by atoms with van der Waals surface area (Å²) in [6, 6.07) is 88.3. The Kier molecular flexibility index (Phi) is 9.95. The van der Waals surface area contributed by atoms with Crippen molar-refractivity contribution in [3.8, 4) is 39.1 Å². The van der Waals surface area contributed by atoms with Crippen LogP contribution in [0.15, 0.2) is 281 Å². The molecule has 15 rings (SSSR count). The van der Waals surface area contributed by atoms with E-state index in [9.17, 15) is 0 Å². The topological polar surface area (TPSA) is 42.0 Å². The van der Waals surface area contributed by atoms with E-state index in [1.165, 1.54) is 16.7 Å². The zero-order chi connectivity index (χ0) is 49.4. The molecule has 1 aliphatic carbocycles. The van der Waals surface area contributed by atoms with Crippen LogP contribution >= 0.6 is 0 Å². The number of fused-ring (bicyclic) bond motifs is 8. The molecule has 0 N–H and O–H groups in total. The molecule has 0 fully saturated rings. The van der Waals surface area contributed by atoms with E-state index in [0.717, 1.165) is 117 Å². The lowest BCUT2D eigenvalue weighted by molar-refractivity contribution is 0.226. The standard InChI is InChI=1S/C70H46N2O3/c1-3-14-45(15-4-1)47-28-34-51(35-29-47)71(52-38-32-49(33-39-52)56-21-12-23-61-57-19-7-9-26-64(57)74-69(56)61)55-42-50-18-11-22-60-59-41-40-54(43-66(59)73-67(44-55)68(50)60)72(53-36-30-48(31-37-53)46-16-5-2-6-17-46)63-25-13-24-62-58-20-8-10-27-65(58)75-70(62)63/h1-44,59,66H. The van der Waals surface area contributed by atoms with Crippen molar-refractivity contribution in [2.75, 3.05) is 9.80 Å². The molecule has 0 radical (unpaired) electrons. The molecule has 75 heavy (non-hydrogen) atoms. The Morgan fingerprint density at radius 1 is 0.373 bits per heavy atom. The second kappa shape index (κ2) is 17.4. The number of furan rings is 2. The van der Waals surface area contributed by atoms with Crippen LogP contribution in [0.25, 0.3) is 88.0 Å². The third kappa shape index (κ3) is 7.23. The molecule has 0 saturated heterocycles. The van der Waals surface area contributed by atoms with E-state index in [2.05, 4.69) is 252 Å². The van der Waals surface area contributed by atoms with Crippen LogP contribution in [-0.4, -0.2) is 6.10 Å². The summed E-state index contributed by atoms with van der Waals surface area (Å²) in [7, 11) is 0. The fourth-order valence-corrected chi connectivity index (χ4v) is 11.6. The minimum atomic E-state index is -0.293. The van der Waals surface area contributed by atoms with Gasteiger partial charge in [0.25, 0.3) is 0 Å². The Hall–Kier alpha value is -9.84. The van der Waals surface area contributed by atoms with Gasteiger partial charge in [-0.3, -0.25) is 0 Å². The zero-order valence-electron chi connectivity index (χ0n) is 40.7. The summed E-state index contributed by atoms with van der Waals surface area (Å²) in [5, 5.41) is 6.66. The average Bonchev–Trinajstić information content (AvgIpc) is 4.09. The Balaban J connectivity index is 0.841. The van der Waals surface area contributed by atoms with Crippen molar-refractivity contribution in [2.24, 2.45) is 0 Å². The van der Waals surface area contributed by atoms with Crippen molar-refractivity contribution in [3.63, 3.8) is 0 Å². The van der Waals surface area contributed by atoms with Crippen molar-refractivity contribution in [2.45, 2.75) is 12.0 Å². The van der Waals surface area contributed by atoms with E-state index in [1.54, 1.807) is 0 Å². The highest BCUT2D eigenvalue weighted by molar-refractivity contribution is 6.11. The summed E-state index contributed by atoms with van der Waals surface area (Å²) in [5.74, 6) is 0.855.